The summed E-state index contributed by atoms with van der Waals surface area (Å²) in [4.78, 5) is 0. The van der Waals surface area contributed by atoms with Crippen LogP contribution >= 0.6 is 0 Å². The molecule has 0 saturated carbocycles. The van der Waals surface area contributed by atoms with Crippen molar-refractivity contribution in [3.05, 3.63) is 95.1 Å². The highest BCUT2D eigenvalue weighted by Gasteiger charge is 2.23. The molecule has 3 aromatic carbocycles. The first-order chi connectivity index (χ1) is 17.7. The average molecular weight is 477 g/mol. The van der Waals surface area contributed by atoms with Gasteiger partial charge in [0.15, 0.2) is 0 Å². The normalized spacial score (nSPS) is 18.6. The van der Waals surface area contributed by atoms with Gasteiger partial charge in [-0.05, 0) is 58.7 Å². The Labute approximate surface area is 210 Å². The van der Waals surface area contributed by atoms with Crippen LogP contribution < -0.4 is 9.47 Å². The molecular formula is C30H24N2O4. The van der Waals surface area contributed by atoms with Gasteiger partial charge in [0.2, 0.25) is 0 Å². The molecule has 0 aliphatic carbocycles. The number of hydrogen-bond donors (Lipinski definition) is 0. The zero-order chi connectivity index (χ0) is 24.7. The van der Waals surface area contributed by atoms with Crippen LogP contribution in [0.15, 0.2) is 72.8 Å². The van der Waals surface area contributed by atoms with Gasteiger partial charge in [0.05, 0.1) is 36.5 Å². The fourth-order valence-electron chi connectivity index (χ4n) is 3.55. The van der Waals surface area contributed by atoms with E-state index in [0.717, 1.165) is 47.0 Å². The number of rotatable bonds is 10. The Hall–Kier alpha value is -4.36. The second-order valence-corrected chi connectivity index (χ2v) is 8.59. The third-order valence-corrected chi connectivity index (χ3v) is 5.81. The molecular weight excluding hydrogens is 452 g/mol. The quantitative estimate of drug-likeness (QED) is 0.222. The van der Waals surface area contributed by atoms with E-state index in [-0.39, 0.29) is 12.2 Å². The highest BCUT2D eigenvalue weighted by atomic mass is 16.6. The van der Waals surface area contributed by atoms with Gasteiger partial charge in [-0.25, -0.2) is 0 Å². The van der Waals surface area contributed by atoms with E-state index in [2.05, 4.69) is 12.1 Å². The lowest BCUT2D eigenvalue weighted by atomic mass is 9.99. The lowest BCUT2D eigenvalue weighted by Gasteiger charge is -2.06. The van der Waals surface area contributed by atoms with Crippen molar-refractivity contribution in [2.24, 2.45) is 0 Å². The van der Waals surface area contributed by atoms with Crippen LogP contribution in [0.4, 0.5) is 0 Å². The Kier molecular flexibility index (Phi) is 7.10. The van der Waals surface area contributed by atoms with Gasteiger partial charge in [-0.3, -0.25) is 0 Å². The smallest absolute Gasteiger partial charge is 0.119 e. The molecule has 0 N–H and O–H groups in total. The van der Waals surface area contributed by atoms with Gasteiger partial charge in [-0.15, -0.1) is 0 Å². The van der Waals surface area contributed by atoms with E-state index in [0.29, 0.717) is 24.4 Å². The highest BCUT2D eigenvalue weighted by molar-refractivity contribution is 5.92. The van der Waals surface area contributed by atoms with Crippen molar-refractivity contribution in [1.82, 2.24) is 0 Å². The zero-order valence-corrected chi connectivity index (χ0v) is 19.6. The molecule has 36 heavy (non-hydrogen) atoms. The average Bonchev–Trinajstić information content (AvgIpc) is 3.85. The summed E-state index contributed by atoms with van der Waals surface area (Å²) in [5, 5.41) is 19.4. The molecule has 2 unspecified atom stereocenters. The van der Waals surface area contributed by atoms with Crippen molar-refractivity contribution in [2.75, 3.05) is 26.4 Å². The molecule has 6 heteroatoms. The largest absolute Gasteiger partial charge is 0.491 e. The van der Waals surface area contributed by atoms with E-state index in [4.69, 9.17) is 18.9 Å². The minimum Gasteiger partial charge on any atom is -0.491 e. The van der Waals surface area contributed by atoms with Crippen LogP contribution in [-0.4, -0.2) is 38.6 Å². The first-order valence-electron chi connectivity index (χ1n) is 11.7. The van der Waals surface area contributed by atoms with E-state index in [1.807, 2.05) is 84.9 Å². The van der Waals surface area contributed by atoms with Gasteiger partial charge in [0, 0.05) is 0 Å². The van der Waals surface area contributed by atoms with E-state index >= 15 is 0 Å². The molecule has 6 nitrogen and oxygen atoms in total. The minimum atomic E-state index is 0.210. The minimum absolute atomic E-state index is 0.210. The van der Waals surface area contributed by atoms with Crippen LogP contribution in [-0.2, 0) is 9.47 Å². The second kappa shape index (κ2) is 10.9. The maximum absolute atomic E-state index is 9.72. The van der Waals surface area contributed by atoms with Crippen LogP contribution in [0.2, 0.25) is 0 Å². The van der Waals surface area contributed by atoms with E-state index in [1.54, 1.807) is 0 Å². The number of nitrogens with zero attached hydrogens (tertiary/aromatic N) is 2. The van der Waals surface area contributed by atoms with Gasteiger partial charge in [0.1, 0.15) is 36.9 Å². The molecule has 0 bridgehead atoms. The molecule has 0 spiro atoms. The van der Waals surface area contributed by atoms with Crippen molar-refractivity contribution in [3.8, 4) is 23.6 Å². The predicted octanol–water partition coefficient (Wildman–Crippen LogP) is 5.37. The van der Waals surface area contributed by atoms with Crippen LogP contribution in [0.3, 0.4) is 0 Å². The topological polar surface area (TPSA) is 91.1 Å². The maximum Gasteiger partial charge on any atom is 0.119 e. The molecule has 3 aromatic rings. The Balaban J connectivity index is 1.26. The molecule has 0 radical (unpaired) electrons. The van der Waals surface area contributed by atoms with Crippen LogP contribution in [0.1, 0.15) is 22.3 Å². The molecule has 2 fully saturated rings. The Morgan fingerprint density at radius 2 is 1.03 bits per heavy atom. The van der Waals surface area contributed by atoms with Crippen molar-refractivity contribution in [2.45, 2.75) is 12.2 Å². The summed E-state index contributed by atoms with van der Waals surface area (Å²) in [6.07, 6.45) is 4.09. The van der Waals surface area contributed by atoms with Crippen molar-refractivity contribution >= 4 is 23.3 Å². The standard InChI is InChI=1S/C30H24N2O4/c31-15-25(13-21-1-9-27(10-2-21)33-17-29-19-35-29)23-5-7-24(8-6-23)26(16-32)14-22-3-11-28(12-4-22)34-18-30-20-36-30/h1-14,29-30H,17-20H2/b25-13-,26-14-. The summed E-state index contributed by atoms with van der Waals surface area (Å²) in [6, 6.07) is 27.2. The molecule has 2 saturated heterocycles. The molecule has 2 heterocycles. The number of hydrogen-bond acceptors (Lipinski definition) is 6. The van der Waals surface area contributed by atoms with Crippen molar-refractivity contribution < 1.29 is 18.9 Å². The SMILES string of the molecule is N#C/C(=C/c1ccc(OCC2CO2)cc1)c1ccc(/C(C#N)=C\c2ccc(OCC3CO3)cc2)cc1. The van der Waals surface area contributed by atoms with Gasteiger partial charge < -0.3 is 18.9 Å². The second-order valence-electron chi connectivity index (χ2n) is 8.59. The number of nitriles is 2. The molecule has 2 atom stereocenters. The van der Waals surface area contributed by atoms with E-state index in [1.165, 1.54) is 0 Å². The Bertz CT molecular complexity index is 1230. The third kappa shape index (κ3) is 6.40. The Morgan fingerprint density at radius 1 is 0.667 bits per heavy atom. The summed E-state index contributed by atoms with van der Waals surface area (Å²) in [6.45, 7) is 2.63. The van der Waals surface area contributed by atoms with Crippen LogP contribution in [0, 0.1) is 22.7 Å². The maximum atomic E-state index is 9.72. The molecule has 0 amide bonds. The highest BCUT2D eigenvalue weighted by Crippen LogP contribution is 2.25. The fraction of sp³-hybridized carbons (Fsp3) is 0.200. The summed E-state index contributed by atoms with van der Waals surface area (Å²) in [5.74, 6) is 1.55. The molecule has 2 aliphatic rings. The number of epoxide rings is 2. The van der Waals surface area contributed by atoms with E-state index < -0.39 is 0 Å². The zero-order valence-electron chi connectivity index (χ0n) is 19.6. The molecule has 5 rings (SSSR count). The summed E-state index contributed by atoms with van der Waals surface area (Å²) in [5.41, 5.74) is 4.45. The summed E-state index contributed by atoms with van der Waals surface area (Å²) >= 11 is 0. The first-order valence-corrected chi connectivity index (χ1v) is 11.7. The molecule has 0 aromatic heterocycles. The summed E-state index contributed by atoms with van der Waals surface area (Å²) in [7, 11) is 0. The fourth-order valence-corrected chi connectivity index (χ4v) is 3.55. The van der Waals surface area contributed by atoms with Crippen molar-refractivity contribution in [3.63, 3.8) is 0 Å². The monoisotopic (exact) mass is 476 g/mol. The van der Waals surface area contributed by atoms with Crippen LogP contribution in [0.5, 0.6) is 11.5 Å². The lowest BCUT2D eigenvalue weighted by Crippen LogP contribution is -2.03. The number of allylic oxidation sites excluding steroid dienone is 2. The first kappa shape index (κ1) is 23.4. The molecule has 178 valence electrons. The van der Waals surface area contributed by atoms with Crippen molar-refractivity contribution in [1.29, 1.82) is 10.5 Å². The molecule has 2 aliphatic heterocycles. The van der Waals surface area contributed by atoms with E-state index in [9.17, 15) is 10.5 Å². The predicted molar refractivity (Wildman–Crippen MR) is 137 cm³/mol. The lowest BCUT2D eigenvalue weighted by molar-refractivity contribution is 0.263. The number of benzene rings is 3. The van der Waals surface area contributed by atoms with Gasteiger partial charge >= 0.3 is 0 Å². The third-order valence-electron chi connectivity index (χ3n) is 5.81. The summed E-state index contributed by atoms with van der Waals surface area (Å²) < 4.78 is 21.6. The van der Waals surface area contributed by atoms with Crippen LogP contribution in [0.25, 0.3) is 23.3 Å². The van der Waals surface area contributed by atoms with Gasteiger partial charge in [-0.2, -0.15) is 10.5 Å². The number of ether oxygens (including phenoxy) is 4. The Morgan fingerprint density at radius 3 is 1.33 bits per heavy atom. The van der Waals surface area contributed by atoms with Gasteiger partial charge in [-0.1, -0.05) is 48.5 Å². The van der Waals surface area contributed by atoms with Gasteiger partial charge in [0.25, 0.3) is 0 Å².